The topological polar surface area (TPSA) is 0 Å². The van der Waals surface area contributed by atoms with E-state index >= 15 is 0 Å². The summed E-state index contributed by atoms with van der Waals surface area (Å²) in [5.74, 6) is 0.970. The Hall–Kier alpha value is 1.25. The van der Waals surface area contributed by atoms with Gasteiger partial charge in [0.05, 0.1) is 0 Å². The van der Waals surface area contributed by atoms with Crippen LogP contribution in [-0.4, -0.2) is 23.1 Å². The van der Waals surface area contributed by atoms with Crippen molar-refractivity contribution in [3.63, 3.8) is 0 Å². The summed E-state index contributed by atoms with van der Waals surface area (Å²) in [5.41, 5.74) is 0.550. The van der Waals surface area contributed by atoms with Gasteiger partial charge in [-0.25, -0.2) is 0 Å². The van der Waals surface area contributed by atoms with Crippen LogP contribution >= 0.6 is 0 Å². The van der Waals surface area contributed by atoms with Crippen molar-refractivity contribution >= 4 is 23.1 Å². The molecule has 0 aromatic heterocycles. The normalized spacial score (nSPS) is 19.2. The van der Waals surface area contributed by atoms with Crippen molar-refractivity contribution in [1.82, 2.24) is 0 Å². The molecule has 0 aromatic rings. The molecule has 0 aromatic carbocycles. The minimum atomic E-state index is 0. The van der Waals surface area contributed by atoms with Crippen molar-refractivity contribution in [2.75, 3.05) is 0 Å². The minimum absolute atomic E-state index is 0. The van der Waals surface area contributed by atoms with Gasteiger partial charge in [0.1, 0.15) is 0 Å². The summed E-state index contributed by atoms with van der Waals surface area (Å²) in [4.78, 5) is 0. The van der Waals surface area contributed by atoms with Gasteiger partial charge in [0, 0.05) is 0 Å². The summed E-state index contributed by atoms with van der Waals surface area (Å²) in [6.07, 6.45) is 7.97. The van der Waals surface area contributed by atoms with Gasteiger partial charge >= 0.3 is 23.1 Å². The molecule has 0 spiro atoms. The van der Waals surface area contributed by atoms with Crippen LogP contribution in [-0.2, 0) is 0 Å². The second kappa shape index (κ2) is 6.66. The van der Waals surface area contributed by atoms with E-state index in [0.29, 0.717) is 5.41 Å². The summed E-state index contributed by atoms with van der Waals surface area (Å²) in [5, 5.41) is 0. The predicted molar refractivity (Wildman–Crippen MR) is 51.5 cm³/mol. The minimum Gasteiger partial charge on any atom is -1.00 e. The first-order valence-corrected chi connectivity index (χ1v) is 4.42. The van der Waals surface area contributed by atoms with E-state index in [0.717, 1.165) is 5.92 Å². The molecule has 0 aliphatic heterocycles. The molecule has 1 aliphatic carbocycles. The fourth-order valence-electron chi connectivity index (χ4n) is 1.79. The van der Waals surface area contributed by atoms with Crippen molar-refractivity contribution in [1.29, 1.82) is 0 Å². The van der Waals surface area contributed by atoms with Gasteiger partial charge in [0.15, 0.2) is 0 Å². The molecule has 0 nitrogen and oxygen atoms in total. The SMILES string of the molecule is CC(C)(C)C1CC[CH-]CC1.[Br-].[Mg+2]. The maximum absolute atomic E-state index is 2.43. The second-order valence-corrected chi connectivity index (χ2v) is 4.51. The summed E-state index contributed by atoms with van der Waals surface area (Å²) in [6.45, 7) is 7.09. The molecule has 68 valence electrons. The molecule has 1 rings (SSSR count). The van der Waals surface area contributed by atoms with Gasteiger partial charge in [0.25, 0.3) is 0 Å². The van der Waals surface area contributed by atoms with Crippen LogP contribution in [0.5, 0.6) is 0 Å². The molecule has 0 amide bonds. The van der Waals surface area contributed by atoms with Crippen molar-refractivity contribution < 1.29 is 17.0 Å². The van der Waals surface area contributed by atoms with E-state index in [1.165, 1.54) is 25.7 Å². The van der Waals surface area contributed by atoms with E-state index in [2.05, 4.69) is 27.2 Å². The van der Waals surface area contributed by atoms with Crippen LogP contribution in [0.3, 0.4) is 0 Å². The van der Waals surface area contributed by atoms with E-state index in [1.807, 2.05) is 0 Å². The molecular formula is C10H19BrMg. The molecule has 0 radical (unpaired) electrons. The quantitative estimate of drug-likeness (QED) is 0.417. The zero-order valence-corrected chi connectivity index (χ0v) is 11.6. The number of rotatable bonds is 0. The van der Waals surface area contributed by atoms with Gasteiger partial charge in [-0.3, -0.25) is 0 Å². The van der Waals surface area contributed by atoms with Crippen LogP contribution < -0.4 is 17.0 Å². The molecule has 0 heterocycles. The third kappa shape index (κ3) is 5.08. The van der Waals surface area contributed by atoms with Crippen LogP contribution in [0, 0.1) is 17.8 Å². The molecule has 0 unspecified atom stereocenters. The maximum Gasteiger partial charge on any atom is 2.00 e. The molecule has 0 atom stereocenters. The molecule has 12 heavy (non-hydrogen) atoms. The fourth-order valence-corrected chi connectivity index (χ4v) is 1.79. The van der Waals surface area contributed by atoms with Crippen LogP contribution in [0.4, 0.5) is 0 Å². The number of halogens is 1. The third-order valence-corrected chi connectivity index (χ3v) is 2.66. The van der Waals surface area contributed by atoms with Crippen molar-refractivity contribution in [3.8, 4) is 0 Å². The van der Waals surface area contributed by atoms with Gasteiger partial charge in [0.2, 0.25) is 0 Å². The van der Waals surface area contributed by atoms with E-state index in [9.17, 15) is 0 Å². The Bertz CT molecular complexity index is 101. The van der Waals surface area contributed by atoms with E-state index < -0.39 is 0 Å². The zero-order valence-electron chi connectivity index (χ0n) is 8.57. The van der Waals surface area contributed by atoms with Gasteiger partial charge in [-0.05, 0) is 11.3 Å². The summed E-state index contributed by atoms with van der Waals surface area (Å²) in [6, 6.07) is 0. The van der Waals surface area contributed by atoms with Crippen LogP contribution in [0.2, 0.25) is 0 Å². The Kier molecular flexibility index (Phi) is 8.72. The van der Waals surface area contributed by atoms with Crippen molar-refractivity contribution in [3.05, 3.63) is 6.42 Å². The van der Waals surface area contributed by atoms with Crippen molar-refractivity contribution in [2.45, 2.75) is 46.5 Å². The Morgan fingerprint density at radius 3 is 1.75 bits per heavy atom. The first-order valence-electron chi connectivity index (χ1n) is 4.42. The largest absolute Gasteiger partial charge is 2.00 e. The van der Waals surface area contributed by atoms with Crippen LogP contribution in [0.25, 0.3) is 0 Å². The van der Waals surface area contributed by atoms with Gasteiger partial charge in [-0.2, -0.15) is 12.8 Å². The zero-order chi connectivity index (χ0) is 7.61. The van der Waals surface area contributed by atoms with Crippen LogP contribution in [0.1, 0.15) is 46.5 Å². The Morgan fingerprint density at radius 1 is 1.08 bits per heavy atom. The second-order valence-electron chi connectivity index (χ2n) is 4.51. The predicted octanol–water partition coefficient (Wildman–Crippen LogP) is 0.0502. The first kappa shape index (κ1) is 15.7. The van der Waals surface area contributed by atoms with Crippen LogP contribution in [0.15, 0.2) is 0 Å². The van der Waals surface area contributed by atoms with Gasteiger partial charge < -0.3 is 23.4 Å². The molecule has 2 heteroatoms. The standard InChI is InChI=1S/C10H19.BrH.Mg/c1-10(2,3)9-7-5-4-6-8-9;;/h4,9H,5-8H2,1-3H3;1H;/q-1;;+2/p-1. The van der Waals surface area contributed by atoms with Crippen molar-refractivity contribution in [2.24, 2.45) is 11.3 Å². The Morgan fingerprint density at radius 2 is 1.50 bits per heavy atom. The molecule has 1 aliphatic rings. The first-order chi connectivity index (χ1) is 4.61. The molecule has 0 bridgehead atoms. The monoisotopic (exact) mass is 242 g/mol. The number of hydrogen-bond acceptors (Lipinski definition) is 0. The average molecular weight is 243 g/mol. The molecule has 1 saturated carbocycles. The Balaban J connectivity index is 0. The smallest absolute Gasteiger partial charge is 1.00 e. The summed E-state index contributed by atoms with van der Waals surface area (Å²) in [7, 11) is 0. The molecular weight excluding hydrogens is 224 g/mol. The molecule has 0 N–H and O–H groups in total. The number of hydrogen-bond donors (Lipinski definition) is 0. The van der Waals surface area contributed by atoms with Gasteiger partial charge in [-0.1, -0.05) is 33.6 Å². The van der Waals surface area contributed by atoms with E-state index in [1.54, 1.807) is 0 Å². The molecule has 0 saturated heterocycles. The summed E-state index contributed by atoms with van der Waals surface area (Å²) >= 11 is 0. The summed E-state index contributed by atoms with van der Waals surface area (Å²) < 4.78 is 0. The Labute approximate surface area is 104 Å². The van der Waals surface area contributed by atoms with Gasteiger partial charge in [-0.15, -0.1) is 0 Å². The fraction of sp³-hybridized carbons (Fsp3) is 0.900. The third-order valence-electron chi connectivity index (χ3n) is 2.66. The van der Waals surface area contributed by atoms with E-state index in [-0.39, 0.29) is 40.0 Å². The average Bonchev–Trinajstić information content (AvgIpc) is 1.88. The van der Waals surface area contributed by atoms with E-state index in [4.69, 9.17) is 0 Å². The molecule has 1 fully saturated rings. The maximum atomic E-state index is 2.43.